The second-order valence-electron chi connectivity index (χ2n) is 6.19. The highest BCUT2D eigenvalue weighted by molar-refractivity contribution is 5.96. The van der Waals surface area contributed by atoms with Crippen molar-refractivity contribution in [3.05, 3.63) is 71.8 Å². The van der Waals surface area contributed by atoms with Gasteiger partial charge in [0.05, 0.1) is 20.3 Å². The number of benzene rings is 3. The first-order valence-electron chi connectivity index (χ1n) is 8.52. The summed E-state index contributed by atoms with van der Waals surface area (Å²) in [5, 5.41) is 12.5. The quantitative estimate of drug-likeness (QED) is 0.654. The van der Waals surface area contributed by atoms with Gasteiger partial charge in [-0.3, -0.25) is 4.79 Å². The Morgan fingerprint density at radius 1 is 0.962 bits per heavy atom. The SMILES string of the molecule is COc1ccc(C(=O)CC(O)Cc2ccc3ccccc3c2OC)cc1. The minimum Gasteiger partial charge on any atom is -0.497 e. The number of rotatable bonds is 7. The van der Waals surface area contributed by atoms with Crippen molar-refractivity contribution in [2.45, 2.75) is 18.9 Å². The number of aliphatic hydroxyl groups is 1. The number of hydrogen-bond acceptors (Lipinski definition) is 4. The fraction of sp³-hybridized carbons (Fsp3) is 0.227. The summed E-state index contributed by atoms with van der Waals surface area (Å²) in [6.07, 6.45) is -0.363. The number of hydrogen-bond donors (Lipinski definition) is 1. The van der Waals surface area contributed by atoms with Crippen molar-refractivity contribution in [3.8, 4) is 11.5 Å². The third kappa shape index (κ3) is 3.86. The van der Waals surface area contributed by atoms with Crippen LogP contribution in [0.3, 0.4) is 0 Å². The van der Waals surface area contributed by atoms with E-state index in [4.69, 9.17) is 9.47 Å². The van der Waals surface area contributed by atoms with Crippen molar-refractivity contribution in [2.75, 3.05) is 14.2 Å². The molecule has 0 amide bonds. The largest absolute Gasteiger partial charge is 0.497 e. The molecule has 0 aromatic heterocycles. The first-order valence-corrected chi connectivity index (χ1v) is 8.52. The van der Waals surface area contributed by atoms with Crippen LogP contribution in [0.4, 0.5) is 0 Å². The van der Waals surface area contributed by atoms with Gasteiger partial charge in [-0.05, 0) is 35.2 Å². The summed E-state index contributed by atoms with van der Waals surface area (Å²) in [4.78, 5) is 12.4. The van der Waals surface area contributed by atoms with Crippen molar-refractivity contribution >= 4 is 16.6 Å². The average molecular weight is 350 g/mol. The molecular weight excluding hydrogens is 328 g/mol. The van der Waals surface area contributed by atoms with Gasteiger partial charge in [-0.1, -0.05) is 36.4 Å². The molecule has 3 aromatic rings. The van der Waals surface area contributed by atoms with Crippen molar-refractivity contribution in [1.29, 1.82) is 0 Å². The van der Waals surface area contributed by atoms with Gasteiger partial charge in [0, 0.05) is 23.8 Å². The van der Waals surface area contributed by atoms with Crippen LogP contribution in [0.25, 0.3) is 10.8 Å². The molecule has 1 unspecified atom stereocenters. The number of Topliss-reactive ketones (excluding diaryl/α,β-unsaturated/α-hetero) is 1. The average Bonchev–Trinajstić information content (AvgIpc) is 2.67. The van der Waals surface area contributed by atoms with Crippen molar-refractivity contribution < 1.29 is 19.4 Å². The van der Waals surface area contributed by atoms with E-state index in [9.17, 15) is 9.90 Å². The van der Waals surface area contributed by atoms with Gasteiger partial charge in [0.1, 0.15) is 11.5 Å². The summed E-state index contributed by atoms with van der Waals surface area (Å²) in [7, 11) is 3.21. The van der Waals surface area contributed by atoms with Crippen LogP contribution in [0, 0.1) is 0 Å². The van der Waals surface area contributed by atoms with E-state index in [1.807, 2.05) is 36.4 Å². The van der Waals surface area contributed by atoms with E-state index >= 15 is 0 Å². The predicted molar refractivity (Wildman–Crippen MR) is 102 cm³/mol. The fourth-order valence-electron chi connectivity index (χ4n) is 3.12. The van der Waals surface area contributed by atoms with Gasteiger partial charge in [0.25, 0.3) is 0 Å². The Morgan fingerprint density at radius 3 is 2.38 bits per heavy atom. The molecule has 0 saturated heterocycles. The van der Waals surface area contributed by atoms with E-state index in [0.717, 1.165) is 22.1 Å². The summed E-state index contributed by atoms with van der Waals surface area (Å²) >= 11 is 0. The molecule has 0 aliphatic carbocycles. The van der Waals surface area contributed by atoms with E-state index in [-0.39, 0.29) is 12.2 Å². The van der Waals surface area contributed by atoms with Crippen molar-refractivity contribution in [3.63, 3.8) is 0 Å². The summed E-state index contributed by atoms with van der Waals surface area (Å²) in [6.45, 7) is 0. The molecule has 0 radical (unpaired) electrons. The molecule has 0 aliphatic rings. The normalized spacial score (nSPS) is 12.0. The third-order valence-electron chi connectivity index (χ3n) is 4.45. The van der Waals surface area contributed by atoms with Crippen LogP contribution in [0.1, 0.15) is 22.3 Å². The molecule has 0 aliphatic heterocycles. The maximum Gasteiger partial charge on any atom is 0.165 e. The van der Waals surface area contributed by atoms with Gasteiger partial charge >= 0.3 is 0 Å². The molecule has 4 nitrogen and oxygen atoms in total. The molecule has 0 fully saturated rings. The van der Waals surface area contributed by atoms with Crippen LogP contribution in [-0.2, 0) is 6.42 Å². The molecule has 3 aromatic carbocycles. The first kappa shape index (κ1) is 18.0. The van der Waals surface area contributed by atoms with Crippen LogP contribution in [0.5, 0.6) is 11.5 Å². The number of fused-ring (bicyclic) bond motifs is 1. The number of carbonyl (C=O) groups excluding carboxylic acids is 1. The lowest BCUT2D eigenvalue weighted by Gasteiger charge is -2.15. The summed E-state index contributed by atoms with van der Waals surface area (Å²) in [6, 6.07) is 18.8. The Labute approximate surface area is 153 Å². The predicted octanol–water partition coefficient (Wildman–Crippen LogP) is 4.03. The van der Waals surface area contributed by atoms with Crippen LogP contribution < -0.4 is 9.47 Å². The Bertz CT molecular complexity index is 900. The Hall–Kier alpha value is -2.85. The van der Waals surface area contributed by atoms with Crippen LogP contribution in [-0.4, -0.2) is 31.2 Å². The van der Waals surface area contributed by atoms with E-state index in [0.29, 0.717) is 17.7 Å². The number of carbonyl (C=O) groups is 1. The van der Waals surface area contributed by atoms with E-state index < -0.39 is 6.10 Å². The maximum absolute atomic E-state index is 12.4. The van der Waals surface area contributed by atoms with Crippen LogP contribution in [0.2, 0.25) is 0 Å². The molecular formula is C22H22O4. The zero-order chi connectivity index (χ0) is 18.5. The van der Waals surface area contributed by atoms with Gasteiger partial charge in [-0.25, -0.2) is 0 Å². The topological polar surface area (TPSA) is 55.8 Å². The Morgan fingerprint density at radius 2 is 1.69 bits per heavy atom. The molecule has 1 N–H and O–H groups in total. The zero-order valence-corrected chi connectivity index (χ0v) is 14.9. The Balaban J connectivity index is 1.74. The number of ketones is 1. The van der Waals surface area contributed by atoms with Gasteiger partial charge < -0.3 is 14.6 Å². The van der Waals surface area contributed by atoms with E-state index in [1.165, 1.54) is 0 Å². The lowest BCUT2D eigenvalue weighted by molar-refractivity contribution is 0.0880. The highest BCUT2D eigenvalue weighted by Crippen LogP contribution is 2.30. The molecule has 0 heterocycles. The molecule has 26 heavy (non-hydrogen) atoms. The number of aliphatic hydroxyl groups excluding tert-OH is 1. The lowest BCUT2D eigenvalue weighted by atomic mass is 9.97. The molecule has 4 heteroatoms. The molecule has 0 bridgehead atoms. The van der Waals surface area contributed by atoms with E-state index in [2.05, 4.69) is 0 Å². The van der Waals surface area contributed by atoms with Crippen LogP contribution in [0.15, 0.2) is 60.7 Å². The highest BCUT2D eigenvalue weighted by atomic mass is 16.5. The fourth-order valence-corrected chi connectivity index (χ4v) is 3.12. The molecule has 134 valence electrons. The van der Waals surface area contributed by atoms with E-state index in [1.54, 1.807) is 38.5 Å². The summed E-state index contributed by atoms with van der Waals surface area (Å²) in [5.74, 6) is 1.35. The van der Waals surface area contributed by atoms with Crippen LogP contribution >= 0.6 is 0 Å². The minimum absolute atomic E-state index is 0.0578. The second-order valence-corrected chi connectivity index (χ2v) is 6.19. The molecule has 0 spiro atoms. The highest BCUT2D eigenvalue weighted by Gasteiger charge is 2.17. The summed E-state index contributed by atoms with van der Waals surface area (Å²) in [5.41, 5.74) is 1.46. The standard InChI is InChI=1S/C22H22O4/c1-25-19-11-9-16(10-12-19)21(24)14-18(23)13-17-8-7-15-5-3-4-6-20(15)22(17)26-2/h3-12,18,23H,13-14H2,1-2H3. The lowest BCUT2D eigenvalue weighted by Crippen LogP contribution is -2.17. The molecule has 0 saturated carbocycles. The van der Waals surface area contributed by atoms with Gasteiger partial charge in [0.15, 0.2) is 5.78 Å². The minimum atomic E-state index is -0.778. The smallest absolute Gasteiger partial charge is 0.165 e. The molecule has 3 rings (SSSR count). The zero-order valence-electron chi connectivity index (χ0n) is 14.9. The first-order chi connectivity index (χ1) is 12.6. The maximum atomic E-state index is 12.4. The van der Waals surface area contributed by atoms with Gasteiger partial charge in [0.2, 0.25) is 0 Å². The second kappa shape index (κ2) is 8.02. The van der Waals surface area contributed by atoms with Crippen molar-refractivity contribution in [1.82, 2.24) is 0 Å². The molecule has 1 atom stereocenters. The number of methoxy groups -OCH3 is 2. The number of ether oxygens (including phenoxy) is 2. The Kier molecular flexibility index (Phi) is 5.54. The van der Waals surface area contributed by atoms with Gasteiger partial charge in [-0.2, -0.15) is 0 Å². The van der Waals surface area contributed by atoms with Gasteiger partial charge in [-0.15, -0.1) is 0 Å². The third-order valence-corrected chi connectivity index (χ3v) is 4.45. The monoisotopic (exact) mass is 350 g/mol. The summed E-state index contributed by atoms with van der Waals surface area (Å²) < 4.78 is 10.7. The van der Waals surface area contributed by atoms with Crippen molar-refractivity contribution in [2.24, 2.45) is 0 Å².